The van der Waals surface area contributed by atoms with Gasteiger partial charge in [0, 0.05) is 12.2 Å². The molecule has 23 heavy (non-hydrogen) atoms. The van der Waals surface area contributed by atoms with Gasteiger partial charge < -0.3 is 5.32 Å². The largest absolute Gasteiger partial charge is 0.324 e. The van der Waals surface area contributed by atoms with Crippen LogP contribution in [0.25, 0.3) is 0 Å². The minimum atomic E-state index is -0.0316. The second kappa shape index (κ2) is 6.97. The van der Waals surface area contributed by atoms with E-state index in [-0.39, 0.29) is 11.9 Å². The first-order chi connectivity index (χ1) is 11.1. The van der Waals surface area contributed by atoms with Crippen LogP contribution in [0, 0.1) is 13.8 Å². The van der Waals surface area contributed by atoms with Crippen LogP contribution in [0.4, 0.5) is 5.69 Å². The Balaban J connectivity index is 1.68. The predicted molar refractivity (Wildman–Crippen MR) is 94.4 cm³/mol. The van der Waals surface area contributed by atoms with Crippen molar-refractivity contribution in [1.29, 1.82) is 0 Å². The zero-order valence-corrected chi connectivity index (χ0v) is 13.9. The SMILES string of the molecule is Cc1ccc(NC(=O)C2CCCN2Cc2ccccc2)c(C)c1. The highest BCUT2D eigenvalue weighted by atomic mass is 16.2. The summed E-state index contributed by atoms with van der Waals surface area (Å²) in [4.78, 5) is 15.0. The van der Waals surface area contributed by atoms with E-state index in [0.29, 0.717) is 0 Å². The molecule has 1 heterocycles. The molecule has 1 saturated heterocycles. The number of benzene rings is 2. The molecule has 0 aliphatic carbocycles. The van der Waals surface area contributed by atoms with Crippen LogP contribution in [-0.2, 0) is 11.3 Å². The monoisotopic (exact) mass is 308 g/mol. The van der Waals surface area contributed by atoms with E-state index in [1.807, 2.05) is 25.1 Å². The number of amides is 1. The van der Waals surface area contributed by atoms with Gasteiger partial charge >= 0.3 is 0 Å². The summed E-state index contributed by atoms with van der Waals surface area (Å²) in [5, 5.41) is 3.11. The van der Waals surface area contributed by atoms with Crippen LogP contribution in [-0.4, -0.2) is 23.4 Å². The third-order valence-electron chi connectivity index (χ3n) is 4.53. The van der Waals surface area contributed by atoms with Gasteiger partial charge in [0.25, 0.3) is 0 Å². The molecule has 1 fully saturated rings. The van der Waals surface area contributed by atoms with Gasteiger partial charge in [-0.25, -0.2) is 0 Å². The summed E-state index contributed by atoms with van der Waals surface area (Å²) in [5.74, 6) is 0.116. The zero-order valence-electron chi connectivity index (χ0n) is 13.9. The van der Waals surface area contributed by atoms with Crippen LogP contribution in [0.1, 0.15) is 29.5 Å². The van der Waals surface area contributed by atoms with Crippen LogP contribution < -0.4 is 5.32 Å². The molecule has 1 atom stereocenters. The summed E-state index contributed by atoms with van der Waals surface area (Å²) < 4.78 is 0. The number of likely N-dealkylation sites (tertiary alicyclic amines) is 1. The summed E-state index contributed by atoms with van der Waals surface area (Å²) in [7, 11) is 0. The van der Waals surface area contributed by atoms with Gasteiger partial charge in [0.05, 0.1) is 6.04 Å². The smallest absolute Gasteiger partial charge is 0.241 e. The summed E-state index contributed by atoms with van der Waals surface area (Å²) in [6.07, 6.45) is 2.02. The fraction of sp³-hybridized carbons (Fsp3) is 0.350. The molecule has 120 valence electrons. The van der Waals surface area contributed by atoms with Crippen molar-refractivity contribution in [1.82, 2.24) is 4.90 Å². The van der Waals surface area contributed by atoms with E-state index < -0.39 is 0 Å². The number of carbonyl (C=O) groups is 1. The topological polar surface area (TPSA) is 32.3 Å². The highest BCUT2D eigenvalue weighted by molar-refractivity contribution is 5.95. The zero-order chi connectivity index (χ0) is 16.2. The molecule has 1 unspecified atom stereocenters. The van der Waals surface area contributed by atoms with E-state index >= 15 is 0 Å². The molecule has 2 aromatic carbocycles. The summed E-state index contributed by atoms with van der Waals surface area (Å²) in [6, 6.07) is 16.5. The summed E-state index contributed by atoms with van der Waals surface area (Å²) >= 11 is 0. The highest BCUT2D eigenvalue weighted by Gasteiger charge is 2.30. The predicted octanol–water partition coefficient (Wildman–Crippen LogP) is 3.91. The lowest BCUT2D eigenvalue weighted by atomic mass is 10.1. The Morgan fingerprint density at radius 1 is 1.17 bits per heavy atom. The van der Waals surface area contributed by atoms with E-state index in [1.165, 1.54) is 11.1 Å². The van der Waals surface area contributed by atoms with Crippen molar-refractivity contribution in [2.75, 3.05) is 11.9 Å². The van der Waals surface area contributed by atoms with Gasteiger partial charge in [-0.15, -0.1) is 0 Å². The molecule has 1 amide bonds. The van der Waals surface area contributed by atoms with E-state index in [4.69, 9.17) is 0 Å². The van der Waals surface area contributed by atoms with Crippen molar-refractivity contribution < 1.29 is 4.79 Å². The first-order valence-corrected chi connectivity index (χ1v) is 8.29. The van der Waals surface area contributed by atoms with Crippen LogP contribution in [0.3, 0.4) is 0 Å². The molecule has 2 aromatic rings. The average Bonchev–Trinajstić information content (AvgIpc) is 2.99. The maximum absolute atomic E-state index is 12.7. The first-order valence-electron chi connectivity index (χ1n) is 8.29. The summed E-state index contributed by atoms with van der Waals surface area (Å²) in [5.41, 5.74) is 4.52. The Hall–Kier alpha value is -2.13. The molecule has 3 heteroatoms. The van der Waals surface area contributed by atoms with Crippen LogP contribution in [0.5, 0.6) is 0 Å². The Morgan fingerprint density at radius 2 is 1.96 bits per heavy atom. The highest BCUT2D eigenvalue weighted by Crippen LogP contribution is 2.23. The average molecular weight is 308 g/mol. The van der Waals surface area contributed by atoms with Crippen molar-refractivity contribution in [3.05, 3.63) is 65.2 Å². The number of carbonyl (C=O) groups excluding carboxylic acids is 1. The molecular weight excluding hydrogens is 284 g/mol. The van der Waals surface area contributed by atoms with Crippen LogP contribution in [0.2, 0.25) is 0 Å². The Labute approximate surface area is 138 Å². The minimum Gasteiger partial charge on any atom is -0.324 e. The maximum Gasteiger partial charge on any atom is 0.241 e. The third kappa shape index (κ3) is 3.80. The van der Waals surface area contributed by atoms with Gasteiger partial charge in [0.1, 0.15) is 0 Å². The molecular formula is C20H24N2O. The summed E-state index contributed by atoms with van der Waals surface area (Å²) in [6.45, 7) is 5.93. The van der Waals surface area contributed by atoms with Gasteiger partial charge in [0.2, 0.25) is 5.91 Å². The molecule has 0 aromatic heterocycles. The molecule has 1 aliphatic heterocycles. The van der Waals surface area contributed by atoms with Crippen molar-refractivity contribution >= 4 is 11.6 Å². The van der Waals surface area contributed by atoms with Gasteiger partial charge in [-0.05, 0) is 50.4 Å². The van der Waals surface area contributed by atoms with Crippen LogP contribution in [0.15, 0.2) is 48.5 Å². The second-order valence-electron chi connectivity index (χ2n) is 6.42. The van der Waals surface area contributed by atoms with Crippen LogP contribution >= 0.6 is 0 Å². The molecule has 3 rings (SSSR count). The van der Waals surface area contributed by atoms with Crippen molar-refractivity contribution in [2.24, 2.45) is 0 Å². The molecule has 0 spiro atoms. The normalized spacial score (nSPS) is 18.1. The number of nitrogens with one attached hydrogen (secondary N) is 1. The molecule has 1 aliphatic rings. The molecule has 3 nitrogen and oxygen atoms in total. The lowest BCUT2D eigenvalue weighted by Gasteiger charge is -2.24. The van der Waals surface area contributed by atoms with Gasteiger partial charge in [0.15, 0.2) is 0 Å². The first kappa shape index (κ1) is 15.8. The number of nitrogens with zero attached hydrogens (tertiary/aromatic N) is 1. The number of anilines is 1. The standard InChI is InChI=1S/C20H24N2O/c1-15-10-11-18(16(2)13-15)21-20(23)19-9-6-12-22(19)14-17-7-4-3-5-8-17/h3-5,7-8,10-11,13,19H,6,9,12,14H2,1-2H3,(H,21,23). The fourth-order valence-corrected chi connectivity index (χ4v) is 3.30. The third-order valence-corrected chi connectivity index (χ3v) is 4.53. The minimum absolute atomic E-state index is 0.0316. The molecule has 0 saturated carbocycles. The van der Waals surface area contributed by atoms with E-state index in [2.05, 4.69) is 47.5 Å². The maximum atomic E-state index is 12.7. The van der Waals surface area contributed by atoms with E-state index in [1.54, 1.807) is 0 Å². The lowest BCUT2D eigenvalue weighted by molar-refractivity contribution is -0.120. The van der Waals surface area contributed by atoms with Crippen molar-refractivity contribution in [3.8, 4) is 0 Å². The Kier molecular flexibility index (Phi) is 4.77. The number of rotatable bonds is 4. The van der Waals surface area contributed by atoms with Crippen molar-refractivity contribution in [3.63, 3.8) is 0 Å². The number of aryl methyl sites for hydroxylation is 2. The van der Waals surface area contributed by atoms with E-state index in [0.717, 1.165) is 37.2 Å². The second-order valence-corrected chi connectivity index (χ2v) is 6.42. The molecule has 1 N–H and O–H groups in total. The molecule has 0 bridgehead atoms. The molecule has 0 radical (unpaired) electrons. The lowest BCUT2D eigenvalue weighted by Crippen LogP contribution is -2.39. The van der Waals surface area contributed by atoms with Crippen molar-refractivity contribution in [2.45, 2.75) is 39.3 Å². The Morgan fingerprint density at radius 3 is 2.70 bits per heavy atom. The number of hydrogen-bond donors (Lipinski definition) is 1. The fourth-order valence-electron chi connectivity index (χ4n) is 3.30. The van der Waals surface area contributed by atoms with Gasteiger partial charge in [-0.3, -0.25) is 9.69 Å². The number of hydrogen-bond acceptors (Lipinski definition) is 2. The Bertz CT molecular complexity index is 681. The van der Waals surface area contributed by atoms with Gasteiger partial charge in [-0.1, -0.05) is 48.0 Å². The van der Waals surface area contributed by atoms with E-state index in [9.17, 15) is 4.79 Å². The van der Waals surface area contributed by atoms with Gasteiger partial charge in [-0.2, -0.15) is 0 Å². The quantitative estimate of drug-likeness (QED) is 0.929.